The number of rotatable bonds is 7. The largest absolute Gasteiger partial charge is 0.375 e. The summed E-state index contributed by atoms with van der Waals surface area (Å²) in [5, 5.41) is 12.0. The van der Waals surface area contributed by atoms with Gasteiger partial charge in [-0.05, 0) is 60.8 Å². The summed E-state index contributed by atoms with van der Waals surface area (Å²) in [6, 6.07) is 15.4. The maximum atomic E-state index is 8.25. The summed E-state index contributed by atoms with van der Waals surface area (Å²) in [6.45, 7) is 5.18. The molecule has 0 aromatic heterocycles. The number of hydrogen-bond donors (Lipinski definition) is 0. The van der Waals surface area contributed by atoms with Crippen LogP contribution >= 0.6 is 0 Å². The number of hydrogen-bond acceptors (Lipinski definition) is 4. The lowest BCUT2D eigenvalue weighted by molar-refractivity contribution is 0.792. The van der Waals surface area contributed by atoms with Crippen molar-refractivity contribution in [2.24, 2.45) is 15.3 Å². The Bertz CT molecular complexity index is 684. The summed E-state index contributed by atoms with van der Waals surface area (Å²) < 4.78 is 0. The van der Waals surface area contributed by atoms with Gasteiger partial charge < -0.3 is 4.90 Å². The predicted molar refractivity (Wildman–Crippen MR) is 93.4 cm³/mol. The van der Waals surface area contributed by atoms with Crippen LogP contribution in [0.1, 0.15) is 12.0 Å². The molecule has 0 aliphatic carbocycles. The highest BCUT2D eigenvalue weighted by Crippen LogP contribution is 2.22. The second-order valence-electron chi connectivity index (χ2n) is 5.11. The van der Waals surface area contributed by atoms with Crippen molar-refractivity contribution in [2.45, 2.75) is 6.42 Å². The number of anilines is 1. The third-order valence-electron chi connectivity index (χ3n) is 3.32. The first-order valence-electron chi connectivity index (χ1n) is 7.35. The molecule has 0 heterocycles. The van der Waals surface area contributed by atoms with Gasteiger partial charge in [-0.25, -0.2) is 0 Å². The van der Waals surface area contributed by atoms with E-state index < -0.39 is 0 Å². The molecule has 0 N–H and O–H groups in total. The summed E-state index contributed by atoms with van der Waals surface area (Å²) in [7, 11) is 2.01. The summed E-state index contributed by atoms with van der Waals surface area (Å²) in [6.07, 6.45) is 0.824. The summed E-state index contributed by atoms with van der Waals surface area (Å²) in [5.74, 6) is 0. The van der Waals surface area contributed by atoms with Crippen molar-refractivity contribution in [1.82, 2.24) is 0 Å². The highest BCUT2D eigenvalue weighted by atomic mass is 15.1. The van der Waals surface area contributed by atoms with Crippen LogP contribution < -0.4 is 4.90 Å². The third-order valence-corrected chi connectivity index (χ3v) is 3.32. The Hall–Kier alpha value is -2.85. The lowest BCUT2D eigenvalue weighted by atomic mass is 10.2. The highest BCUT2D eigenvalue weighted by molar-refractivity contribution is 5.52. The molecule has 0 amide bonds. The van der Waals surface area contributed by atoms with E-state index in [4.69, 9.17) is 5.53 Å². The van der Waals surface area contributed by atoms with Crippen molar-refractivity contribution >= 4 is 17.1 Å². The van der Waals surface area contributed by atoms with E-state index in [1.54, 1.807) is 0 Å². The molecular formula is C17H19N6. The van der Waals surface area contributed by atoms with Crippen molar-refractivity contribution in [1.29, 1.82) is 0 Å². The fourth-order valence-corrected chi connectivity index (χ4v) is 2.00. The van der Waals surface area contributed by atoms with Crippen LogP contribution in [0.15, 0.2) is 63.9 Å². The minimum Gasteiger partial charge on any atom is -0.375 e. The average Bonchev–Trinajstić information content (AvgIpc) is 2.58. The molecule has 1 radical (unpaired) electrons. The molecule has 0 spiro atoms. The van der Waals surface area contributed by atoms with E-state index in [9.17, 15) is 0 Å². The van der Waals surface area contributed by atoms with Gasteiger partial charge in [0.25, 0.3) is 0 Å². The zero-order valence-corrected chi connectivity index (χ0v) is 13.1. The maximum Gasteiger partial charge on any atom is 0.0858 e. The monoisotopic (exact) mass is 307 g/mol. The van der Waals surface area contributed by atoms with E-state index >= 15 is 0 Å². The van der Waals surface area contributed by atoms with E-state index in [0.29, 0.717) is 6.54 Å². The van der Waals surface area contributed by atoms with Gasteiger partial charge in [-0.1, -0.05) is 17.2 Å². The van der Waals surface area contributed by atoms with E-state index in [1.807, 2.05) is 55.6 Å². The standard InChI is InChI=1S/C17H19N6/c1-14-4-6-15(7-5-14)20-21-16-8-10-17(11-9-16)23(2)13-3-12-19-22-18/h4-11H,1,3,12-13H2,2H3/b21-20+. The molecule has 0 aliphatic heterocycles. The zero-order valence-electron chi connectivity index (χ0n) is 13.1. The normalized spacial score (nSPS) is 10.5. The molecule has 2 rings (SSSR count). The predicted octanol–water partition coefficient (Wildman–Crippen LogP) is 5.42. The molecule has 2 aromatic rings. The highest BCUT2D eigenvalue weighted by Gasteiger charge is 2.00. The Morgan fingerprint density at radius 2 is 1.57 bits per heavy atom. The molecular weight excluding hydrogens is 288 g/mol. The van der Waals surface area contributed by atoms with Gasteiger partial charge in [0.15, 0.2) is 0 Å². The molecule has 0 saturated carbocycles. The lowest BCUT2D eigenvalue weighted by Gasteiger charge is -2.18. The van der Waals surface area contributed by atoms with Crippen LogP contribution in [0.5, 0.6) is 0 Å². The Labute approximate surface area is 136 Å². The molecule has 0 saturated heterocycles. The fraction of sp³-hybridized carbons (Fsp3) is 0.235. The van der Waals surface area contributed by atoms with Crippen LogP contribution in [0.4, 0.5) is 17.1 Å². The molecule has 0 aliphatic rings. The first-order chi connectivity index (χ1) is 11.2. The maximum absolute atomic E-state index is 8.25. The van der Waals surface area contributed by atoms with Gasteiger partial charge in [-0.15, -0.1) is 0 Å². The van der Waals surface area contributed by atoms with Gasteiger partial charge in [-0.3, -0.25) is 0 Å². The van der Waals surface area contributed by atoms with Gasteiger partial charge in [0, 0.05) is 30.7 Å². The van der Waals surface area contributed by atoms with Gasteiger partial charge in [0.1, 0.15) is 0 Å². The Balaban J connectivity index is 1.93. The molecule has 0 atom stereocenters. The van der Waals surface area contributed by atoms with Crippen LogP contribution in [-0.2, 0) is 0 Å². The molecule has 6 nitrogen and oxygen atoms in total. The topological polar surface area (TPSA) is 76.7 Å². The number of nitrogens with zero attached hydrogens (tertiary/aromatic N) is 6. The smallest absolute Gasteiger partial charge is 0.0858 e. The van der Waals surface area contributed by atoms with Crippen LogP contribution in [0.2, 0.25) is 0 Å². The molecule has 0 bridgehead atoms. The molecule has 0 unspecified atom stereocenters. The first kappa shape index (κ1) is 16.5. The van der Waals surface area contributed by atoms with Gasteiger partial charge in [0.05, 0.1) is 11.4 Å². The summed E-state index contributed by atoms with van der Waals surface area (Å²) in [5.41, 5.74) is 11.9. The molecule has 0 fully saturated rings. The van der Waals surface area contributed by atoms with Crippen molar-refractivity contribution in [3.63, 3.8) is 0 Å². The molecule has 2 aromatic carbocycles. The Kier molecular flexibility index (Phi) is 6.15. The van der Waals surface area contributed by atoms with E-state index in [2.05, 4.69) is 32.1 Å². The van der Waals surface area contributed by atoms with Crippen molar-refractivity contribution in [2.75, 3.05) is 25.0 Å². The minimum absolute atomic E-state index is 0.513. The van der Waals surface area contributed by atoms with Crippen LogP contribution in [0.3, 0.4) is 0 Å². The average molecular weight is 307 g/mol. The molecule has 6 heteroatoms. The summed E-state index contributed by atoms with van der Waals surface area (Å²) in [4.78, 5) is 4.86. The van der Waals surface area contributed by atoms with Gasteiger partial charge in [0.2, 0.25) is 0 Å². The van der Waals surface area contributed by atoms with Crippen LogP contribution in [0, 0.1) is 6.92 Å². The number of azo groups is 1. The van der Waals surface area contributed by atoms with Gasteiger partial charge in [-0.2, -0.15) is 10.2 Å². The SMILES string of the molecule is [CH2]c1ccc(/N=N/c2ccc(N(C)CCCN=[N+]=[N-])cc2)cc1. The Morgan fingerprint density at radius 3 is 2.13 bits per heavy atom. The second kappa shape index (κ2) is 8.56. The molecule has 117 valence electrons. The Morgan fingerprint density at radius 1 is 1.00 bits per heavy atom. The number of benzene rings is 2. The lowest BCUT2D eigenvalue weighted by Crippen LogP contribution is -2.18. The van der Waals surface area contributed by atoms with Gasteiger partial charge >= 0.3 is 0 Å². The quantitative estimate of drug-likeness (QED) is 0.291. The van der Waals surface area contributed by atoms with Crippen molar-refractivity contribution < 1.29 is 0 Å². The first-order valence-corrected chi connectivity index (χ1v) is 7.35. The van der Waals surface area contributed by atoms with Crippen molar-refractivity contribution in [3.05, 3.63) is 71.5 Å². The zero-order chi connectivity index (χ0) is 16.5. The fourth-order valence-electron chi connectivity index (χ4n) is 2.00. The second-order valence-corrected chi connectivity index (χ2v) is 5.11. The third kappa shape index (κ3) is 5.45. The van der Waals surface area contributed by atoms with Crippen molar-refractivity contribution in [3.8, 4) is 0 Å². The minimum atomic E-state index is 0.513. The summed E-state index contributed by atoms with van der Waals surface area (Å²) >= 11 is 0. The molecule has 23 heavy (non-hydrogen) atoms. The van der Waals surface area contributed by atoms with E-state index in [-0.39, 0.29) is 0 Å². The van der Waals surface area contributed by atoms with E-state index in [1.165, 1.54) is 0 Å². The van der Waals surface area contributed by atoms with Crippen LogP contribution in [-0.4, -0.2) is 20.1 Å². The van der Waals surface area contributed by atoms with Crippen LogP contribution in [0.25, 0.3) is 10.4 Å². The number of azide groups is 1. The van der Waals surface area contributed by atoms with E-state index in [0.717, 1.165) is 35.6 Å².